The Morgan fingerprint density at radius 1 is 0.918 bits per heavy atom. The van der Waals surface area contributed by atoms with Gasteiger partial charge in [0.25, 0.3) is 0 Å². The van der Waals surface area contributed by atoms with Crippen LogP contribution in [0.25, 0.3) is 0 Å². The number of aldehydes is 1. The van der Waals surface area contributed by atoms with Crippen molar-refractivity contribution in [1.82, 2.24) is 9.80 Å². The predicted molar refractivity (Wildman–Crippen MR) is 180 cm³/mol. The second kappa shape index (κ2) is 13.2. The number of phenolic OH excluding ortho intramolecular Hbond substituents is 1. The van der Waals surface area contributed by atoms with Crippen LogP contribution >= 0.6 is 0 Å². The summed E-state index contributed by atoms with van der Waals surface area (Å²) in [5, 5.41) is 22.4. The lowest BCUT2D eigenvalue weighted by Crippen LogP contribution is -2.40. The first-order chi connectivity index (χ1) is 23.1. The van der Waals surface area contributed by atoms with Gasteiger partial charge >= 0.3 is 6.09 Å². The normalized spacial score (nSPS) is 17.0. The molecule has 1 aliphatic heterocycles. The van der Waals surface area contributed by atoms with Gasteiger partial charge in [0.2, 0.25) is 5.91 Å². The monoisotopic (exact) mass is 666 g/mol. The molecule has 0 saturated heterocycles. The lowest BCUT2D eigenvalue weighted by atomic mass is 9.72. The van der Waals surface area contributed by atoms with Crippen LogP contribution in [0.15, 0.2) is 83.5 Å². The Kier molecular flexibility index (Phi) is 9.34. The summed E-state index contributed by atoms with van der Waals surface area (Å²) in [6.45, 7) is 7.00. The molecule has 2 N–H and O–H groups in total. The van der Waals surface area contributed by atoms with Crippen LogP contribution in [0.4, 0.5) is 4.79 Å². The van der Waals surface area contributed by atoms with E-state index in [1.54, 1.807) is 65.1 Å². The van der Waals surface area contributed by atoms with Gasteiger partial charge in [0.15, 0.2) is 11.6 Å². The molecule has 0 fully saturated rings. The minimum absolute atomic E-state index is 0.0175. The van der Waals surface area contributed by atoms with Gasteiger partial charge in [0.05, 0.1) is 0 Å². The van der Waals surface area contributed by atoms with Crippen LogP contribution < -0.4 is 9.47 Å². The van der Waals surface area contributed by atoms with E-state index in [0.29, 0.717) is 39.7 Å². The average molecular weight is 667 g/mol. The summed E-state index contributed by atoms with van der Waals surface area (Å²) in [5.41, 5.74) is -0.521. The Hall–Kier alpha value is -5.55. The number of likely N-dealkylation sites (N-methyl/N-ethyl adjacent to an activating group) is 2. The zero-order valence-electron chi connectivity index (χ0n) is 28.2. The molecule has 11 nitrogen and oxygen atoms in total. The summed E-state index contributed by atoms with van der Waals surface area (Å²) in [4.78, 5) is 66.2. The minimum atomic E-state index is -1.83. The minimum Gasteiger partial charge on any atom is -0.508 e. The summed E-state index contributed by atoms with van der Waals surface area (Å²) in [7, 11) is 3.11. The number of amides is 2. The van der Waals surface area contributed by atoms with Crippen LogP contribution in [-0.4, -0.2) is 77.1 Å². The van der Waals surface area contributed by atoms with Crippen molar-refractivity contribution in [2.45, 2.75) is 39.7 Å². The van der Waals surface area contributed by atoms with E-state index in [2.05, 4.69) is 0 Å². The number of fused-ring (bicyclic) bond motifs is 2. The molecule has 1 aliphatic carbocycles. The quantitative estimate of drug-likeness (QED) is 0.229. The van der Waals surface area contributed by atoms with Gasteiger partial charge in [-0.15, -0.1) is 0 Å². The summed E-state index contributed by atoms with van der Waals surface area (Å²) in [6, 6.07) is 15.4. The van der Waals surface area contributed by atoms with Gasteiger partial charge in [-0.2, -0.15) is 0 Å². The van der Waals surface area contributed by atoms with Crippen LogP contribution in [-0.2, 0) is 20.0 Å². The highest BCUT2D eigenvalue weighted by Crippen LogP contribution is 2.52. The number of ether oxygens (including phenoxy) is 2. The van der Waals surface area contributed by atoms with Crippen LogP contribution in [0.2, 0.25) is 0 Å². The summed E-state index contributed by atoms with van der Waals surface area (Å²) >= 11 is 0. The molecule has 5 rings (SSSR count). The zero-order chi connectivity index (χ0) is 35.8. The third kappa shape index (κ3) is 6.49. The van der Waals surface area contributed by atoms with Crippen molar-refractivity contribution in [1.29, 1.82) is 0 Å². The second-order valence-corrected chi connectivity index (χ2v) is 13.0. The lowest BCUT2D eigenvalue weighted by Gasteiger charge is -2.37. The van der Waals surface area contributed by atoms with Gasteiger partial charge < -0.3 is 29.5 Å². The van der Waals surface area contributed by atoms with E-state index in [0.717, 1.165) is 0 Å². The number of allylic oxidation sites excluding steroid dienone is 4. The molecular weight excluding hydrogens is 628 g/mol. The van der Waals surface area contributed by atoms with E-state index in [9.17, 15) is 34.2 Å². The fraction of sp³-hybridized carbons (Fsp3) is 0.289. The van der Waals surface area contributed by atoms with E-state index in [-0.39, 0.29) is 65.5 Å². The summed E-state index contributed by atoms with van der Waals surface area (Å²) in [5.74, 6) is -0.431. The van der Waals surface area contributed by atoms with Crippen molar-refractivity contribution in [3.8, 4) is 23.0 Å². The van der Waals surface area contributed by atoms with Gasteiger partial charge in [0.1, 0.15) is 34.9 Å². The molecule has 49 heavy (non-hydrogen) atoms. The van der Waals surface area contributed by atoms with E-state index in [4.69, 9.17) is 9.47 Å². The Morgan fingerprint density at radius 3 is 2.24 bits per heavy atom. The number of aliphatic hydroxyl groups is 1. The number of aromatic hydroxyl groups is 1. The number of phenols is 1. The number of Topliss-reactive ketones (excluding diaryl/α,β-unsaturated/α-hetero) is 1. The predicted octanol–water partition coefficient (Wildman–Crippen LogP) is 5.31. The molecule has 3 aromatic rings. The SMILES string of the molecule is CC1=CC(=O)C(C)=C(C(C)(C)CC(=O)N(C)CCN(C)C(=O)Oc2ccc3c(c2)Oc2cc(O)ccc2C3(O)c2ccccc2C=O)C1=O. The van der Waals surface area contributed by atoms with E-state index in [1.165, 1.54) is 53.3 Å². The summed E-state index contributed by atoms with van der Waals surface area (Å²) < 4.78 is 11.6. The first kappa shape index (κ1) is 34.8. The smallest absolute Gasteiger partial charge is 0.415 e. The highest BCUT2D eigenvalue weighted by molar-refractivity contribution is 6.22. The molecule has 2 amide bonds. The van der Waals surface area contributed by atoms with Crippen molar-refractivity contribution in [3.63, 3.8) is 0 Å². The highest BCUT2D eigenvalue weighted by atomic mass is 16.6. The third-order valence-corrected chi connectivity index (χ3v) is 9.06. The first-order valence-corrected chi connectivity index (χ1v) is 15.7. The first-order valence-electron chi connectivity index (χ1n) is 15.7. The molecule has 1 unspecified atom stereocenters. The zero-order valence-corrected chi connectivity index (χ0v) is 28.2. The number of nitrogens with zero attached hydrogens (tertiary/aromatic N) is 2. The standard InChI is InChI=1S/C38H38N2O9/c1-22-17-30(43)23(2)34(35(22)45)37(3,4)20-33(44)39(5)15-16-40(6)36(46)48-26-12-14-29-32(19-26)49-31-18-25(42)11-13-28(31)38(29,47)27-10-8-7-9-24(27)21-41/h7-14,17-19,21,42,47H,15-16,20H2,1-6H3. The highest BCUT2D eigenvalue weighted by Gasteiger charge is 2.44. The van der Waals surface area contributed by atoms with Crippen molar-refractivity contribution < 1.29 is 43.7 Å². The number of hydrogen-bond donors (Lipinski definition) is 2. The number of carbonyl (C=O) groups excluding carboxylic acids is 5. The largest absolute Gasteiger partial charge is 0.508 e. The van der Waals surface area contributed by atoms with Gasteiger partial charge in [0, 0.05) is 90.1 Å². The van der Waals surface area contributed by atoms with Crippen molar-refractivity contribution in [2.24, 2.45) is 5.41 Å². The molecule has 2 aliphatic rings. The molecule has 0 aromatic heterocycles. The van der Waals surface area contributed by atoms with Crippen molar-refractivity contribution >= 4 is 29.9 Å². The van der Waals surface area contributed by atoms with Crippen LogP contribution in [0.5, 0.6) is 23.0 Å². The fourth-order valence-corrected chi connectivity index (χ4v) is 6.30. The van der Waals surface area contributed by atoms with Crippen molar-refractivity contribution in [3.05, 3.63) is 106 Å². The fourth-order valence-electron chi connectivity index (χ4n) is 6.30. The molecule has 11 heteroatoms. The lowest BCUT2D eigenvalue weighted by molar-refractivity contribution is -0.132. The second-order valence-electron chi connectivity index (χ2n) is 13.0. The molecule has 0 spiro atoms. The molecule has 1 heterocycles. The molecule has 254 valence electrons. The topological polar surface area (TPSA) is 151 Å². The van der Waals surface area contributed by atoms with Crippen molar-refractivity contribution in [2.75, 3.05) is 27.2 Å². The number of hydrogen-bond acceptors (Lipinski definition) is 9. The maximum absolute atomic E-state index is 13.2. The Balaban J connectivity index is 1.28. The maximum atomic E-state index is 13.2. The van der Waals surface area contributed by atoms with Gasteiger partial charge in [-0.3, -0.25) is 19.2 Å². The van der Waals surface area contributed by atoms with E-state index in [1.807, 2.05) is 0 Å². The molecule has 0 saturated carbocycles. The number of rotatable bonds is 9. The van der Waals surface area contributed by atoms with Crippen LogP contribution in [0.1, 0.15) is 61.2 Å². The molecule has 0 bridgehead atoms. The number of ketones is 2. The average Bonchev–Trinajstić information content (AvgIpc) is 3.05. The Morgan fingerprint density at radius 2 is 1.55 bits per heavy atom. The summed E-state index contributed by atoms with van der Waals surface area (Å²) in [6.07, 6.45) is 1.23. The van der Waals surface area contributed by atoms with E-state index < -0.39 is 17.1 Å². The maximum Gasteiger partial charge on any atom is 0.415 e. The molecule has 3 aromatic carbocycles. The van der Waals surface area contributed by atoms with E-state index >= 15 is 0 Å². The van der Waals surface area contributed by atoms with Gasteiger partial charge in [-0.1, -0.05) is 38.1 Å². The molecule has 1 atom stereocenters. The van der Waals surface area contributed by atoms with Crippen LogP contribution in [0.3, 0.4) is 0 Å². The molecule has 0 radical (unpaired) electrons. The van der Waals surface area contributed by atoms with Gasteiger partial charge in [-0.25, -0.2) is 4.79 Å². The Bertz CT molecular complexity index is 1960. The molecular formula is C38H38N2O9. The van der Waals surface area contributed by atoms with Gasteiger partial charge in [-0.05, 0) is 44.2 Å². The number of carbonyl (C=O) groups is 5. The third-order valence-electron chi connectivity index (χ3n) is 9.06. The van der Waals surface area contributed by atoms with Crippen LogP contribution in [0, 0.1) is 5.41 Å². The Labute approximate surface area is 284 Å². The number of benzene rings is 3.